The second-order valence-electron chi connectivity index (χ2n) is 20.1. The summed E-state index contributed by atoms with van der Waals surface area (Å²) in [6.07, 6.45) is 0. The van der Waals surface area contributed by atoms with E-state index in [0.29, 0.717) is 0 Å². The summed E-state index contributed by atoms with van der Waals surface area (Å²) < 4.78 is 0. The number of benzene rings is 11. The van der Waals surface area contributed by atoms with E-state index < -0.39 is 0 Å². The molecule has 11 aromatic carbocycles. The minimum atomic E-state index is -0.105. The van der Waals surface area contributed by atoms with Crippen molar-refractivity contribution >= 4 is 55.7 Å². The van der Waals surface area contributed by atoms with Gasteiger partial charge in [0.15, 0.2) is 0 Å². The van der Waals surface area contributed by atoms with Crippen LogP contribution in [-0.4, -0.2) is 0 Å². The van der Waals surface area contributed by atoms with Crippen molar-refractivity contribution < 1.29 is 0 Å². The van der Waals surface area contributed by atoms with Gasteiger partial charge in [0.05, 0.1) is 11.4 Å². The van der Waals surface area contributed by atoms with E-state index in [1.54, 1.807) is 0 Å². The Morgan fingerprint density at radius 1 is 0.243 bits per heavy atom. The van der Waals surface area contributed by atoms with Crippen LogP contribution in [0.4, 0.5) is 34.1 Å². The van der Waals surface area contributed by atoms with Crippen LogP contribution < -0.4 is 9.80 Å². The van der Waals surface area contributed by atoms with Gasteiger partial charge in [0.1, 0.15) is 0 Å². The molecule has 0 fully saturated rings. The topological polar surface area (TPSA) is 6.48 Å². The fraction of sp³-hybridized carbons (Fsp3) is 0.0882. The van der Waals surface area contributed by atoms with Gasteiger partial charge in [0.25, 0.3) is 0 Å². The third-order valence-corrected chi connectivity index (χ3v) is 15.4. The van der Waals surface area contributed by atoms with E-state index in [2.05, 4.69) is 280 Å². The molecule has 0 atom stereocenters. The third-order valence-electron chi connectivity index (χ3n) is 15.4. The van der Waals surface area contributed by atoms with Gasteiger partial charge in [-0.2, -0.15) is 0 Å². The Bertz CT molecular complexity index is 3500. The molecular formula is C68H52N2. The summed E-state index contributed by atoms with van der Waals surface area (Å²) in [7, 11) is 0. The monoisotopic (exact) mass is 896 g/mol. The molecule has 11 aromatic rings. The molecule has 0 unspecified atom stereocenters. The van der Waals surface area contributed by atoms with Crippen LogP contribution in [0.5, 0.6) is 0 Å². The van der Waals surface area contributed by atoms with Crippen LogP contribution in [0.3, 0.4) is 0 Å². The molecule has 0 N–H and O–H groups in total. The van der Waals surface area contributed by atoms with Crippen molar-refractivity contribution in [2.45, 2.75) is 38.5 Å². The molecule has 0 heterocycles. The number of nitrogens with zero attached hydrogens (tertiary/aromatic N) is 2. The Hall–Kier alpha value is -8.46. The van der Waals surface area contributed by atoms with Crippen molar-refractivity contribution in [1.29, 1.82) is 0 Å². The Morgan fingerprint density at radius 2 is 0.529 bits per heavy atom. The molecule has 2 nitrogen and oxygen atoms in total. The van der Waals surface area contributed by atoms with Crippen molar-refractivity contribution in [3.63, 3.8) is 0 Å². The van der Waals surface area contributed by atoms with Crippen molar-refractivity contribution in [2.75, 3.05) is 9.80 Å². The van der Waals surface area contributed by atoms with Crippen molar-refractivity contribution in [2.24, 2.45) is 0 Å². The zero-order valence-electron chi connectivity index (χ0n) is 40.0. The number of hydrogen-bond acceptors (Lipinski definition) is 2. The molecular weight excluding hydrogens is 845 g/mol. The first-order chi connectivity index (χ1) is 34.3. The first-order valence-electron chi connectivity index (χ1n) is 24.6. The molecule has 0 saturated heterocycles. The van der Waals surface area contributed by atoms with Crippen LogP contribution in [0.1, 0.15) is 49.9 Å². The third kappa shape index (κ3) is 6.47. The van der Waals surface area contributed by atoms with Crippen molar-refractivity contribution in [3.8, 4) is 44.5 Å². The van der Waals surface area contributed by atoms with Crippen molar-refractivity contribution in [3.05, 3.63) is 265 Å². The fourth-order valence-corrected chi connectivity index (χ4v) is 11.9. The zero-order chi connectivity index (χ0) is 47.1. The highest BCUT2D eigenvalue weighted by Crippen LogP contribution is 2.56. The Balaban J connectivity index is 1.08. The normalized spacial score (nSPS) is 13.7. The van der Waals surface area contributed by atoms with Gasteiger partial charge in [0, 0.05) is 55.1 Å². The smallest absolute Gasteiger partial charge is 0.0619 e. The molecule has 2 heteroatoms. The molecule has 2 aliphatic rings. The van der Waals surface area contributed by atoms with Gasteiger partial charge in [-0.1, -0.05) is 222 Å². The molecule has 70 heavy (non-hydrogen) atoms. The molecule has 0 aromatic heterocycles. The molecule has 0 spiro atoms. The summed E-state index contributed by atoms with van der Waals surface area (Å²) in [4.78, 5) is 5.04. The maximum atomic E-state index is 2.52. The number of hydrogen-bond donors (Lipinski definition) is 0. The number of fused-ring (bicyclic) bond motifs is 8. The Kier molecular flexibility index (Phi) is 9.58. The van der Waals surface area contributed by atoms with E-state index in [4.69, 9.17) is 0 Å². The molecule has 0 amide bonds. The predicted octanol–water partition coefficient (Wildman–Crippen LogP) is 18.9. The number of rotatable bonds is 8. The Labute approximate surface area is 411 Å². The summed E-state index contributed by atoms with van der Waals surface area (Å²) >= 11 is 0. The minimum Gasteiger partial charge on any atom is -0.309 e. The van der Waals surface area contributed by atoms with Gasteiger partial charge in [-0.25, -0.2) is 0 Å². The van der Waals surface area contributed by atoms with E-state index in [9.17, 15) is 0 Å². The van der Waals surface area contributed by atoms with Crippen LogP contribution in [0.25, 0.3) is 66.1 Å². The standard InChI is InChI=1S/C68H52N2/c1-67(2)61-29-17-15-23-53(61)59-43-51(39-41-63(59)67)69(49-35-31-47(32-36-49)45-19-7-5-8-20-45)65-55-25-11-13-27-57(55)66(58-28-14-12-26-56(58)65)70(50-37-33-48(34-38-50)46-21-9-6-10-22-46)52-40-42-64-60(44-52)54-24-16-18-30-62(54)68(64,3)4/h5-44H,1-4H3. The van der Waals surface area contributed by atoms with Gasteiger partial charge in [-0.15, -0.1) is 0 Å². The SMILES string of the molecule is CC1(C)c2ccccc2-c2cc(N(c3ccc(-c4ccccc4)cc3)c3c4ccccc4c(N(c4ccc(-c5ccccc5)cc4)c4ccc5c(c4)-c4ccccc4C5(C)C)c4ccccc34)ccc21. The molecule has 0 saturated carbocycles. The molecule has 334 valence electrons. The maximum Gasteiger partial charge on any atom is 0.0619 e. The first kappa shape index (κ1) is 41.7. The lowest BCUT2D eigenvalue weighted by Gasteiger charge is -2.33. The van der Waals surface area contributed by atoms with Gasteiger partial charge in [-0.05, 0) is 115 Å². The van der Waals surface area contributed by atoms with Crippen LogP contribution in [-0.2, 0) is 10.8 Å². The fourth-order valence-electron chi connectivity index (χ4n) is 11.9. The summed E-state index contributed by atoms with van der Waals surface area (Å²) in [5.74, 6) is 0. The average Bonchev–Trinajstić information content (AvgIpc) is 3.79. The van der Waals surface area contributed by atoms with Crippen LogP contribution in [0, 0.1) is 0 Å². The highest BCUT2D eigenvalue weighted by atomic mass is 15.2. The molecule has 2 aliphatic carbocycles. The molecule has 0 bridgehead atoms. The first-order valence-corrected chi connectivity index (χ1v) is 24.6. The second kappa shape index (κ2) is 16.1. The Morgan fingerprint density at radius 3 is 0.900 bits per heavy atom. The van der Waals surface area contributed by atoms with Crippen molar-refractivity contribution in [1.82, 2.24) is 0 Å². The summed E-state index contributed by atoms with van der Waals surface area (Å²) in [5, 5.41) is 4.68. The predicted molar refractivity (Wildman–Crippen MR) is 297 cm³/mol. The number of anilines is 6. The molecule has 0 aliphatic heterocycles. The zero-order valence-corrected chi connectivity index (χ0v) is 40.0. The van der Waals surface area contributed by atoms with Gasteiger partial charge >= 0.3 is 0 Å². The quantitative estimate of drug-likeness (QED) is 0.111. The van der Waals surface area contributed by atoms with Gasteiger partial charge < -0.3 is 9.80 Å². The highest BCUT2D eigenvalue weighted by molar-refractivity contribution is 6.23. The lowest BCUT2D eigenvalue weighted by Crippen LogP contribution is -2.16. The van der Waals surface area contributed by atoms with E-state index in [1.165, 1.54) is 88.3 Å². The van der Waals surface area contributed by atoms with Crippen LogP contribution in [0.15, 0.2) is 243 Å². The summed E-state index contributed by atoms with van der Waals surface area (Å²) in [5.41, 5.74) is 22.0. The van der Waals surface area contributed by atoms with Crippen LogP contribution in [0.2, 0.25) is 0 Å². The molecule has 0 radical (unpaired) electrons. The van der Waals surface area contributed by atoms with Gasteiger partial charge in [0.2, 0.25) is 0 Å². The average molecular weight is 897 g/mol. The lowest BCUT2D eigenvalue weighted by atomic mass is 9.82. The summed E-state index contributed by atoms with van der Waals surface area (Å²) in [6.45, 7) is 9.44. The summed E-state index contributed by atoms with van der Waals surface area (Å²) in [6, 6.07) is 90.0. The van der Waals surface area contributed by atoms with E-state index in [0.717, 1.165) is 34.1 Å². The van der Waals surface area contributed by atoms with Gasteiger partial charge in [-0.3, -0.25) is 0 Å². The van der Waals surface area contributed by atoms with E-state index in [1.807, 2.05) is 0 Å². The highest BCUT2D eigenvalue weighted by Gasteiger charge is 2.37. The maximum absolute atomic E-state index is 2.52. The van der Waals surface area contributed by atoms with Crippen LogP contribution >= 0.6 is 0 Å². The van der Waals surface area contributed by atoms with E-state index >= 15 is 0 Å². The molecule has 13 rings (SSSR count). The minimum absolute atomic E-state index is 0.105. The lowest BCUT2D eigenvalue weighted by molar-refractivity contribution is 0.660. The largest absolute Gasteiger partial charge is 0.309 e. The van der Waals surface area contributed by atoms with E-state index in [-0.39, 0.29) is 10.8 Å². The second-order valence-corrected chi connectivity index (χ2v) is 20.1.